The Morgan fingerprint density at radius 3 is 2.05 bits per heavy atom. The molecular weight excluding hydrogens is 234 g/mol. The molecule has 1 aromatic rings. The Kier molecular flexibility index (Phi) is 4.03. The van der Waals surface area contributed by atoms with Crippen molar-refractivity contribution in [3.8, 4) is 0 Å². The minimum Gasteiger partial charge on any atom is -0.385 e. The Balaban J connectivity index is 2.08. The van der Waals surface area contributed by atoms with Gasteiger partial charge in [0.1, 0.15) is 0 Å². The van der Waals surface area contributed by atoms with Crippen molar-refractivity contribution in [3.05, 3.63) is 35.4 Å². The first-order valence-electron chi connectivity index (χ1n) is 7.42. The maximum Gasteiger partial charge on any atom is 0.0920 e. The summed E-state index contributed by atoms with van der Waals surface area (Å²) in [4.78, 5) is 2.46. The molecule has 1 aromatic carbocycles. The van der Waals surface area contributed by atoms with E-state index in [1.807, 2.05) is 0 Å². The van der Waals surface area contributed by atoms with Gasteiger partial charge >= 0.3 is 0 Å². The average molecular weight is 261 g/mol. The molecule has 0 saturated carbocycles. The van der Waals surface area contributed by atoms with Crippen molar-refractivity contribution in [1.29, 1.82) is 0 Å². The third-order valence-electron chi connectivity index (χ3n) is 4.44. The molecule has 2 rings (SSSR count). The number of nitrogens with zero attached hydrogens (tertiary/aromatic N) is 1. The van der Waals surface area contributed by atoms with Crippen LogP contribution >= 0.6 is 0 Å². The molecule has 1 heterocycles. The van der Waals surface area contributed by atoms with Gasteiger partial charge in [-0.2, -0.15) is 0 Å². The van der Waals surface area contributed by atoms with Crippen molar-refractivity contribution in [1.82, 2.24) is 4.90 Å². The van der Waals surface area contributed by atoms with E-state index in [1.165, 1.54) is 5.56 Å². The van der Waals surface area contributed by atoms with Gasteiger partial charge in [0.25, 0.3) is 0 Å². The molecule has 0 radical (unpaired) electrons. The van der Waals surface area contributed by atoms with Gasteiger partial charge in [0.15, 0.2) is 0 Å². The lowest BCUT2D eigenvalue weighted by Crippen LogP contribution is -2.50. The van der Waals surface area contributed by atoms with Crippen LogP contribution in [0.15, 0.2) is 24.3 Å². The second-order valence-electron chi connectivity index (χ2n) is 6.74. The summed E-state index contributed by atoms with van der Waals surface area (Å²) in [5.41, 5.74) is 1.99. The van der Waals surface area contributed by atoms with Gasteiger partial charge in [0, 0.05) is 18.6 Å². The zero-order valence-electron chi connectivity index (χ0n) is 12.7. The van der Waals surface area contributed by atoms with Crippen molar-refractivity contribution in [2.45, 2.75) is 58.1 Å². The molecule has 1 aliphatic heterocycles. The molecule has 0 unspecified atom stereocenters. The number of rotatable bonds is 2. The molecule has 2 heteroatoms. The molecule has 0 atom stereocenters. The van der Waals surface area contributed by atoms with E-state index in [9.17, 15) is 5.11 Å². The highest BCUT2D eigenvalue weighted by Gasteiger charge is 2.36. The summed E-state index contributed by atoms with van der Waals surface area (Å²) < 4.78 is 0. The van der Waals surface area contributed by atoms with Crippen LogP contribution in [0.1, 0.15) is 51.7 Å². The van der Waals surface area contributed by atoms with Crippen molar-refractivity contribution >= 4 is 0 Å². The molecule has 0 spiro atoms. The first kappa shape index (κ1) is 14.5. The first-order chi connectivity index (χ1) is 8.85. The highest BCUT2D eigenvalue weighted by Crippen LogP contribution is 2.35. The number of hydrogen-bond donors (Lipinski definition) is 1. The van der Waals surface area contributed by atoms with Gasteiger partial charge in [-0.25, -0.2) is 0 Å². The van der Waals surface area contributed by atoms with E-state index in [4.69, 9.17) is 0 Å². The molecule has 1 aliphatic rings. The van der Waals surface area contributed by atoms with Crippen LogP contribution in [0.3, 0.4) is 0 Å². The Labute approximate surface area is 117 Å². The van der Waals surface area contributed by atoms with E-state index in [2.05, 4.69) is 56.9 Å². The second-order valence-corrected chi connectivity index (χ2v) is 6.74. The second kappa shape index (κ2) is 5.26. The Morgan fingerprint density at radius 2 is 1.63 bits per heavy atom. The minimum absolute atomic E-state index is 0.202. The molecule has 1 fully saturated rings. The standard InChI is InChI=1S/C17H27NO/c1-5-14-6-8-15(9-7-14)17(19)10-12-18(13-11-17)16(2,3)4/h6-9,19H,5,10-13H2,1-4H3. The summed E-state index contributed by atoms with van der Waals surface area (Å²) in [7, 11) is 0. The fourth-order valence-electron chi connectivity index (χ4n) is 2.89. The molecule has 2 nitrogen and oxygen atoms in total. The molecule has 0 aromatic heterocycles. The number of piperidine rings is 1. The molecule has 19 heavy (non-hydrogen) atoms. The first-order valence-corrected chi connectivity index (χ1v) is 7.42. The lowest BCUT2D eigenvalue weighted by molar-refractivity contribution is -0.0461. The van der Waals surface area contributed by atoms with Crippen molar-refractivity contribution in [2.24, 2.45) is 0 Å². The highest BCUT2D eigenvalue weighted by molar-refractivity contribution is 5.27. The van der Waals surface area contributed by atoms with Crippen LogP contribution in [0.4, 0.5) is 0 Å². The average Bonchev–Trinajstić information content (AvgIpc) is 2.38. The van der Waals surface area contributed by atoms with E-state index in [0.717, 1.165) is 37.9 Å². The maximum absolute atomic E-state index is 10.9. The van der Waals surface area contributed by atoms with Gasteiger partial charge in [0.05, 0.1) is 5.60 Å². The smallest absolute Gasteiger partial charge is 0.0920 e. The van der Waals surface area contributed by atoms with Gasteiger partial charge in [-0.1, -0.05) is 31.2 Å². The third kappa shape index (κ3) is 3.18. The SMILES string of the molecule is CCc1ccc(C2(O)CCN(C(C)(C)C)CC2)cc1. The molecule has 1 saturated heterocycles. The van der Waals surface area contributed by atoms with E-state index in [1.54, 1.807) is 0 Å². The van der Waals surface area contributed by atoms with Gasteiger partial charge in [-0.3, -0.25) is 4.90 Å². The Bertz CT molecular complexity index is 408. The quantitative estimate of drug-likeness (QED) is 0.882. The number of hydrogen-bond acceptors (Lipinski definition) is 2. The predicted octanol–water partition coefficient (Wildman–Crippen LogP) is 3.33. The van der Waals surface area contributed by atoms with Gasteiger partial charge in [-0.05, 0) is 51.2 Å². The molecule has 0 aliphatic carbocycles. The zero-order valence-corrected chi connectivity index (χ0v) is 12.7. The molecule has 0 bridgehead atoms. The molecule has 1 N–H and O–H groups in total. The van der Waals surface area contributed by atoms with E-state index < -0.39 is 5.60 Å². The number of likely N-dealkylation sites (tertiary alicyclic amines) is 1. The van der Waals surface area contributed by atoms with Crippen molar-refractivity contribution < 1.29 is 5.11 Å². The summed E-state index contributed by atoms with van der Waals surface area (Å²) in [5.74, 6) is 0. The zero-order chi connectivity index (χ0) is 14.1. The van der Waals surface area contributed by atoms with E-state index >= 15 is 0 Å². The van der Waals surface area contributed by atoms with Gasteiger partial charge in [0.2, 0.25) is 0 Å². The van der Waals surface area contributed by atoms with Crippen LogP contribution in [0, 0.1) is 0 Å². The number of benzene rings is 1. The van der Waals surface area contributed by atoms with Crippen molar-refractivity contribution in [3.63, 3.8) is 0 Å². The molecule has 106 valence electrons. The lowest BCUT2D eigenvalue weighted by atomic mass is 9.83. The monoisotopic (exact) mass is 261 g/mol. The van der Waals surface area contributed by atoms with Crippen molar-refractivity contribution in [2.75, 3.05) is 13.1 Å². The third-order valence-corrected chi connectivity index (χ3v) is 4.44. The Hall–Kier alpha value is -0.860. The fraction of sp³-hybridized carbons (Fsp3) is 0.647. The normalized spacial score (nSPS) is 20.5. The fourth-order valence-corrected chi connectivity index (χ4v) is 2.89. The minimum atomic E-state index is -0.631. The van der Waals surface area contributed by atoms with E-state index in [-0.39, 0.29) is 5.54 Å². The largest absolute Gasteiger partial charge is 0.385 e. The van der Waals surface area contributed by atoms with Gasteiger partial charge < -0.3 is 5.11 Å². The number of aryl methyl sites for hydroxylation is 1. The Morgan fingerprint density at radius 1 is 1.11 bits per heavy atom. The van der Waals surface area contributed by atoms with Crippen LogP contribution < -0.4 is 0 Å². The lowest BCUT2D eigenvalue weighted by Gasteiger charge is -2.44. The van der Waals surface area contributed by atoms with Crippen LogP contribution in [0.5, 0.6) is 0 Å². The summed E-state index contributed by atoms with van der Waals surface area (Å²) in [5, 5.41) is 10.9. The molecular formula is C17H27NO. The maximum atomic E-state index is 10.9. The summed E-state index contributed by atoms with van der Waals surface area (Å²) in [6, 6.07) is 8.49. The predicted molar refractivity (Wildman–Crippen MR) is 80.3 cm³/mol. The summed E-state index contributed by atoms with van der Waals surface area (Å²) in [6.45, 7) is 10.8. The van der Waals surface area contributed by atoms with Crippen LogP contribution in [0.25, 0.3) is 0 Å². The van der Waals surface area contributed by atoms with Crippen LogP contribution in [-0.4, -0.2) is 28.6 Å². The summed E-state index contributed by atoms with van der Waals surface area (Å²) in [6.07, 6.45) is 2.71. The topological polar surface area (TPSA) is 23.5 Å². The molecule has 0 amide bonds. The number of aliphatic hydroxyl groups is 1. The van der Waals surface area contributed by atoms with Gasteiger partial charge in [-0.15, -0.1) is 0 Å². The van der Waals surface area contributed by atoms with Crippen LogP contribution in [-0.2, 0) is 12.0 Å². The van der Waals surface area contributed by atoms with Crippen LogP contribution in [0.2, 0.25) is 0 Å². The van der Waals surface area contributed by atoms with E-state index in [0.29, 0.717) is 0 Å². The summed E-state index contributed by atoms with van der Waals surface area (Å²) >= 11 is 0. The highest BCUT2D eigenvalue weighted by atomic mass is 16.3.